The molecule has 0 aliphatic carbocycles. The molecule has 2 atom stereocenters. The zero-order chi connectivity index (χ0) is 6.91. The maximum Gasteiger partial charge on any atom is 0.157 e. The van der Waals surface area contributed by atoms with Gasteiger partial charge >= 0.3 is 0 Å². The first-order valence-corrected chi connectivity index (χ1v) is 3.18. The second-order valence-corrected chi connectivity index (χ2v) is 2.55. The monoisotopic (exact) mass is 132 g/mol. The van der Waals surface area contributed by atoms with E-state index in [-0.39, 0.29) is 6.61 Å². The first-order valence-electron chi connectivity index (χ1n) is 3.18. The van der Waals surface area contributed by atoms with Crippen LogP contribution in [-0.2, 0) is 4.74 Å². The van der Waals surface area contributed by atoms with Crippen molar-refractivity contribution in [3.05, 3.63) is 0 Å². The van der Waals surface area contributed by atoms with Crippen LogP contribution in [0.3, 0.4) is 0 Å². The van der Waals surface area contributed by atoms with Crippen LogP contribution in [0.1, 0.15) is 19.8 Å². The van der Waals surface area contributed by atoms with E-state index in [0.29, 0.717) is 12.8 Å². The minimum atomic E-state index is -0.764. The van der Waals surface area contributed by atoms with Crippen molar-refractivity contribution in [2.24, 2.45) is 0 Å². The smallest absolute Gasteiger partial charge is 0.157 e. The average Bonchev–Trinajstić information content (AvgIpc) is 2.13. The van der Waals surface area contributed by atoms with Gasteiger partial charge in [-0.2, -0.15) is 0 Å². The number of hydrogen-bond acceptors (Lipinski definition) is 3. The Balaban J connectivity index is 2.45. The fraction of sp³-hybridized carbons (Fsp3) is 1.00. The summed E-state index contributed by atoms with van der Waals surface area (Å²) in [4.78, 5) is 0. The van der Waals surface area contributed by atoms with E-state index in [0.717, 1.165) is 0 Å². The second-order valence-electron chi connectivity index (χ2n) is 2.55. The van der Waals surface area contributed by atoms with Gasteiger partial charge in [-0.05, 0) is 6.42 Å². The fourth-order valence-electron chi connectivity index (χ4n) is 0.941. The van der Waals surface area contributed by atoms with Gasteiger partial charge in [0.2, 0.25) is 0 Å². The van der Waals surface area contributed by atoms with Gasteiger partial charge < -0.3 is 14.9 Å². The molecule has 0 aromatic rings. The van der Waals surface area contributed by atoms with Crippen LogP contribution >= 0.6 is 0 Å². The second kappa shape index (κ2) is 2.25. The van der Waals surface area contributed by atoms with Crippen molar-refractivity contribution in [2.75, 3.05) is 6.61 Å². The Morgan fingerprint density at radius 1 is 1.78 bits per heavy atom. The number of aliphatic hydroxyl groups excluding tert-OH is 1. The summed E-state index contributed by atoms with van der Waals surface area (Å²) in [6.07, 6.45) is 0.239. The van der Waals surface area contributed by atoms with Crippen molar-refractivity contribution < 1.29 is 14.9 Å². The Morgan fingerprint density at radius 2 is 2.44 bits per heavy atom. The van der Waals surface area contributed by atoms with E-state index < -0.39 is 11.9 Å². The molecule has 0 spiro atoms. The Kier molecular flexibility index (Phi) is 1.75. The molecule has 1 saturated heterocycles. The summed E-state index contributed by atoms with van der Waals surface area (Å²) in [6.45, 7) is 2.14. The van der Waals surface area contributed by atoms with Crippen molar-refractivity contribution in [3.8, 4) is 0 Å². The molecular weight excluding hydrogens is 120 g/mol. The Hall–Kier alpha value is -0.120. The Morgan fingerprint density at radius 3 is 2.67 bits per heavy atom. The topological polar surface area (TPSA) is 49.7 Å². The molecular formula is C6H12O3. The molecule has 0 saturated carbocycles. The lowest BCUT2D eigenvalue weighted by molar-refractivity contribution is -0.0612. The first kappa shape index (κ1) is 6.99. The SMILES string of the molecule is CCC1(O)COC(O)C1. The van der Waals surface area contributed by atoms with Crippen molar-refractivity contribution in [2.45, 2.75) is 31.7 Å². The van der Waals surface area contributed by atoms with Gasteiger partial charge in [0.25, 0.3) is 0 Å². The molecule has 1 rings (SSSR count). The molecule has 3 nitrogen and oxygen atoms in total. The lowest BCUT2D eigenvalue weighted by Crippen LogP contribution is -2.27. The molecule has 0 bridgehead atoms. The molecule has 1 aliphatic heterocycles. The number of rotatable bonds is 1. The van der Waals surface area contributed by atoms with Crippen LogP contribution in [0.25, 0.3) is 0 Å². The van der Waals surface area contributed by atoms with E-state index in [9.17, 15) is 5.11 Å². The van der Waals surface area contributed by atoms with Crippen LogP contribution < -0.4 is 0 Å². The van der Waals surface area contributed by atoms with Crippen LogP contribution in [0.2, 0.25) is 0 Å². The van der Waals surface area contributed by atoms with Gasteiger partial charge in [0.15, 0.2) is 6.29 Å². The van der Waals surface area contributed by atoms with Gasteiger partial charge in [-0.3, -0.25) is 0 Å². The summed E-state index contributed by atoms with van der Waals surface area (Å²) >= 11 is 0. The van der Waals surface area contributed by atoms with Crippen LogP contribution in [0.15, 0.2) is 0 Å². The van der Waals surface area contributed by atoms with Crippen molar-refractivity contribution in [3.63, 3.8) is 0 Å². The Bertz CT molecular complexity index is 104. The van der Waals surface area contributed by atoms with Crippen molar-refractivity contribution in [1.82, 2.24) is 0 Å². The Labute approximate surface area is 54.3 Å². The zero-order valence-corrected chi connectivity index (χ0v) is 5.50. The van der Waals surface area contributed by atoms with E-state index in [1.165, 1.54) is 0 Å². The normalized spacial score (nSPS) is 43.7. The zero-order valence-electron chi connectivity index (χ0n) is 5.50. The third-order valence-electron chi connectivity index (χ3n) is 1.76. The molecule has 3 heteroatoms. The van der Waals surface area contributed by atoms with Crippen molar-refractivity contribution in [1.29, 1.82) is 0 Å². The molecule has 0 aromatic carbocycles. The number of ether oxygens (including phenoxy) is 1. The molecule has 0 amide bonds. The standard InChI is InChI=1S/C6H12O3/c1-2-6(8)3-5(7)9-4-6/h5,7-8H,2-4H2,1H3. The lowest BCUT2D eigenvalue weighted by Gasteiger charge is -2.16. The highest BCUT2D eigenvalue weighted by Gasteiger charge is 2.35. The molecule has 2 N–H and O–H groups in total. The van der Waals surface area contributed by atoms with Gasteiger partial charge in [-0.25, -0.2) is 0 Å². The van der Waals surface area contributed by atoms with Crippen molar-refractivity contribution >= 4 is 0 Å². The summed E-state index contributed by atoms with van der Waals surface area (Å²) in [5.41, 5.74) is -0.764. The fourth-order valence-corrected chi connectivity index (χ4v) is 0.941. The number of hydrogen-bond donors (Lipinski definition) is 2. The summed E-state index contributed by atoms with van der Waals surface area (Å²) < 4.78 is 4.76. The van der Waals surface area contributed by atoms with Gasteiger partial charge in [-0.1, -0.05) is 6.92 Å². The summed E-state index contributed by atoms with van der Waals surface area (Å²) in [6, 6.07) is 0. The van der Waals surface area contributed by atoms with Crippen LogP contribution in [0, 0.1) is 0 Å². The molecule has 2 unspecified atom stereocenters. The largest absolute Gasteiger partial charge is 0.387 e. The van der Waals surface area contributed by atoms with Crippen LogP contribution in [0.5, 0.6) is 0 Å². The van der Waals surface area contributed by atoms with Gasteiger partial charge in [0.1, 0.15) is 0 Å². The van der Waals surface area contributed by atoms with Gasteiger partial charge in [-0.15, -0.1) is 0 Å². The van der Waals surface area contributed by atoms with Gasteiger partial charge in [0.05, 0.1) is 12.2 Å². The van der Waals surface area contributed by atoms with E-state index in [1.807, 2.05) is 6.92 Å². The predicted molar refractivity (Wildman–Crippen MR) is 31.8 cm³/mol. The van der Waals surface area contributed by atoms with E-state index in [2.05, 4.69) is 0 Å². The highest BCUT2D eigenvalue weighted by Crippen LogP contribution is 2.24. The van der Waals surface area contributed by atoms with Crippen LogP contribution in [0.4, 0.5) is 0 Å². The molecule has 54 valence electrons. The average molecular weight is 132 g/mol. The minimum Gasteiger partial charge on any atom is -0.387 e. The molecule has 0 radical (unpaired) electrons. The summed E-state index contributed by atoms with van der Waals surface area (Å²) in [7, 11) is 0. The highest BCUT2D eigenvalue weighted by molar-refractivity contribution is 4.82. The van der Waals surface area contributed by atoms with E-state index in [4.69, 9.17) is 9.84 Å². The molecule has 1 fully saturated rings. The highest BCUT2D eigenvalue weighted by atomic mass is 16.6. The molecule has 0 aromatic heterocycles. The first-order chi connectivity index (χ1) is 4.16. The maximum atomic E-state index is 9.39. The van der Waals surface area contributed by atoms with Crippen LogP contribution in [-0.4, -0.2) is 28.7 Å². The minimum absolute atomic E-state index is 0.269. The summed E-state index contributed by atoms with van der Waals surface area (Å²) in [5.74, 6) is 0. The molecule has 9 heavy (non-hydrogen) atoms. The maximum absolute atomic E-state index is 9.39. The quantitative estimate of drug-likeness (QED) is 0.522. The lowest BCUT2D eigenvalue weighted by atomic mass is 10.0. The third kappa shape index (κ3) is 1.41. The summed E-state index contributed by atoms with van der Waals surface area (Å²) in [5, 5.41) is 18.2. The molecule has 1 heterocycles. The van der Waals surface area contributed by atoms with Gasteiger partial charge in [0, 0.05) is 6.42 Å². The van der Waals surface area contributed by atoms with E-state index >= 15 is 0 Å². The molecule has 1 aliphatic rings. The van der Waals surface area contributed by atoms with E-state index in [1.54, 1.807) is 0 Å². The third-order valence-corrected chi connectivity index (χ3v) is 1.76. The predicted octanol–water partition coefficient (Wildman–Crippen LogP) is -0.134. The number of aliphatic hydroxyl groups is 2.